The number of benzene rings is 1. The number of hydrogen-bond donors (Lipinski definition) is 1. The van der Waals surface area contributed by atoms with Crippen molar-refractivity contribution in [1.29, 1.82) is 0 Å². The molecule has 0 radical (unpaired) electrons. The van der Waals surface area contributed by atoms with Gasteiger partial charge in [-0.2, -0.15) is 0 Å². The number of carbonyl (C=O) groups excluding carboxylic acids is 2. The van der Waals surface area contributed by atoms with E-state index < -0.39 is 23.7 Å². The summed E-state index contributed by atoms with van der Waals surface area (Å²) in [4.78, 5) is 25.5. The standard InChI is InChI=1S/C14H16F2N2O3/c1-8(13(19)18-4-2-3-5-18)21-14(20)9-6-10(15)11(16)7-12(9)17/h6-8H,2-5,17H2,1H3. The van der Waals surface area contributed by atoms with E-state index >= 15 is 0 Å². The van der Waals surface area contributed by atoms with Crippen LogP contribution in [0.2, 0.25) is 0 Å². The monoisotopic (exact) mass is 298 g/mol. The highest BCUT2D eigenvalue weighted by atomic mass is 19.2. The van der Waals surface area contributed by atoms with Crippen molar-refractivity contribution >= 4 is 17.6 Å². The van der Waals surface area contributed by atoms with Crippen molar-refractivity contribution < 1.29 is 23.1 Å². The number of nitrogens with zero attached hydrogens (tertiary/aromatic N) is 1. The lowest BCUT2D eigenvalue weighted by Crippen LogP contribution is -2.38. The molecule has 2 N–H and O–H groups in total. The number of hydrogen-bond acceptors (Lipinski definition) is 4. The Hall–Kier alpha value is -2.18. The van der Waals surface area contributed by atoms with E-state index in [0.29, 0.717) is 25.2 Å². The van der Waals surface area contributed by atoms with Crippen molar-refractivity contribution in [1.82, 2.24) is 4.90 Å². The molecule has 21 heavy (non-hydrogen) atoms. The second-order valence-corrected chi connectivity index (χ2v) is 4.93. The largest absolute Gasteiger partial charge is 0.449 e. The molecule has 1 aliphatic rings. The van der Waals surface area contributed by atoms with Gasteiger partial charge in [-0.1, -0.05) is 0 Å². The smallest absolute Gasteiger partial charge is 0.341 e. The van der Waals surface area contributed by atoms with E-state index in [2.05, 4.69) is 0 Å². The van der Waals surface area contributed by atoms with Gasteiger partial charge in [-0.25, -0.2) is 13.6 Å². The van der Waals surface area contributed by atoms with Gasteiger partial charge >= 0.3 is 5.97 Å². The van der Waals surface area contributed by atoms with Crippen molar-refractivity contribution in [2.75, 3.05) is 18.8 Å². The van der Waals surface area contributed by atoms with Gasteiger partial charge in [0.05, 0.1) is 5.56 Å². The number of likely N-dealkylation sites (tertiary alicyclic amines) is 1. The second-order valence-electron chi connectivity index (χ2n) is 4.93. The van der Waals surface area contributed by atoms with Crippen LogP contribution in [0.4, 0.5) is 14.5 Å². The van der Waals surface area contributed by atoms with Crippen molar-refractivity contribution in [2.24, 2.45) is 0 Å². The van der Waals surface area contributed by atoms with Gasteiger partial charge in [-0.15, -0.1) is 0 Å². The van der Waals surface area contributed by atoms with Gasteiger partial charge in [0, 0.05) is 24.8 Å². The Morgan fingerprint density at radius 1 is 1.24 bits per heavy atom. The topological polar surface area (TPSA) is 72.6 Å². The van der Waals surface area contributed by atoms with Crippen LogP contribution in [0.15, 0.2) is 12.1 Å². The van der Waals surface area contributed by atoms with Crippen LogP contribution < -0.4 is 5.73 Å². The van der Waals surface area contributed by atoms with Crippen LogP contribution in [0.1, 0.15) is 30.1 Å². The third kappa shape index (κ3) is 3.29. The number of ether oxygens (including phenoxy) is 1. The molecule has 1 unspecified atom stereocenters. The fourth-order valence-electron chi connectivity index (χ4n) is 2.21. The Labute approximate surface area is 120 Å². The first-order valence-electron chi connectivity index (χ1n) is 6.64. The number of rotatable bonds is 3. The predicted molar refractivity (Wildman–Crippen MR) is 71.5 cm³/mol. The molecule has 1 aliphatic heterocycles. The van der Waals surface area contributed by atoms with Crippen molar-refractivity contribution in [3.8, 4) is 0 Å². The van der Waals surface area contributed by atoms with Crippen molar-refractivity contribution in [3.05, 3.63) is 29.3 Å². The number of halogens is 2. The molecule has 1 heterocycles. The molecule has 5 nitrogen and oxygen atoms in total. The summed E-state index contributed by atoms with van der Waals surface area (Å²) in [6.45, 7) is 2.71. The molecule has 1 fully saturated rings. The summed E-state index contributed by atoms with van der Waals surface area (Å²) >= 11 is 0. The number of esters is 1. The van der Waals surface area contributed by atoms with Crippen LogP contribution in [0, 0.1) is 11.6 Å². The molecule has 1 aromatic rings. The molecule has 0 aromatic heterocycles. The van der Waals surface area contributed by atoms with Crippen LogP contribution in [0.5, 0.6) is 0 Å². The first kappa shape index (κ1) is 15.2. The van der Waals surface area contributed by atoms with Gasteiger partial charge in [0.2, 0.25) is 0 Å². The average Bonchev–Trinajstić information content (AvgIpc) is 2.95. The number of nitrogen functional groups attached to an aromatic ring is 1. The lowest BCUT2D eigenvalue weighted by atomic mass is 10.1. The quantitative estimate of drug-likeness (QED) is 0.681. The van der Waals surface area contributed by atoms with Crippen LogP contribution in [0.3, 0.4) is 0 Å². The Balaban J connectivity index is 2.07. The molecule has 0 saturated carbocycles. The minimum Gasteiger partial charge on any atom is -0.449 e. The molecule has 0 spiro atoms. The van der Waals surface area contributed by atoms with E-state index in [0.717, 1.165) is 12.8 Å². The summed E-state index contributed by atoms with van der Waals surface area (Å²) < 4.78 is 31.1. The van der Waals surface area contributed by atoms with Crippen molar-refractivity contribution in [2.45, 2.75) is 25.9 Å². The van der Waals surface area contributed by atoms with E-state index in [9.17, 15) is 18.4 Å². The molecule has 2 rings (SSSR count). The van der Waals surface area contributed by atoms with Crippen LogP contribution in [0.25, 0.3) is 0 Å². The van der Waals surface area contributed by atoms with Crippen LogP contribution >= 0.6 is 0 Å². The molecule has 0 bridgehead atoms. The Bertz CT molecular complexity index is 572. The molecule has 1 saturated heterocycles. The predicted octanol–water partition coefficient (Wildman–Crippen LogP) is 1.71. The minimum absolute atomic E-state index is 0.236. The van der Waals surface area contributed by atoms with E-state index in [1.165, 1.54) is 6.92 Å². The molecular formula is C14H16F2N2O3. The van der Waals surface area contributed by atoms with Crippen molar-refractivity contribution in [3.63, 3.8) is 0 Å². The molecule has 0 aliphatic carbocycles. The minimum atomic E-state index is -1.20. The summed E-state index contributed by atoms with van der Waals surface area (Å²) in [5.74, 6) is -3.60. The Kier molecular flexibility index (Phi) is 4.40. The van der Waals surface area contributed by atoms with Gasteiger partial charge in [0.25, 0.3) is 5.91 Å². The fourth-order valence-corrected chi connectivity index (χ4v) is 2.21. The normalized spacial score (nSPS) is 15.9. The van der Waals surface area contributed by atoms with E-state index in [4.69, 9.17) is 10.5 Å². The zero-order chi connectivity index (χ0) is 15.6. The maximum absolute atomic E-state index is 13.1. The number of amides is 1. The molecular weight excluding hydrogens is 282 g/mol. The summed E-state index contributed by atoms with van der Waals surface area (Å²) in [6.07, 6.45) is 0.841. The maximum atomic E-state index is 13.1. The molecule has 7 heteroatoms. The molecule has 114 valence electrons. The number of carbonyl (C=O) groups is 2. The highest BCUT2D eigenvalue weighted by molar-refractivity contribution is 5.96. The summed E-state index contributed by atoms with van der Waals surface area (Å²) in [5.41, 5.74) is 4.93. The number of nitrogens with two attached hydrogens (primary N) is 1. The van der Waals surface area contributed by atoms with E-state index in [-0.39, 0.29) is 17.2 Å². The lowest BCUT2D eigenvalue weighted by Gasteiger charge is -2.20. The third-order valence-electron chi connectivity index (χ3n) is 3.36. The van der Waals surface area contributed by atoms with Crippen LogP contribution in [-0.2, 0) is 9.53 Å². The Morgan fingerprint density at radius 2 is 1.81 bits per heavy atom. The Morgan fingerprint density at radius 3 is 2.43 bits per heavy atom. The van der Waals surface area contributed by atoms with Gasteiger partial charge in [-0.3, -0.25) is 4.79 Å². The zero-order valence-electron chi connectivity index (χ0n) is 11.6. The fraction of sp³-hybridized carbons (Fsp3) is 0.429. The zero-order valence-corrected chi connectivity index (χ0v) is 11.6. The summed E-state index contributed by atoms with van der Waals surface area (Å²) in [7, 11) is 0. The summed E-state index contributed by atoms with van der Waals surface area (Å²) in [6, 6.07) is 1.37. The highest BCUT2D eigenvalue weighted by Gasteiger charge is 2.27. The first-order chi connectivity index (χ1) is 9.90. The number of anilines is 1. The maximum Gasteiger partial charge on any atom is 0.341 e. The molecule has 1 atom stereocenters. The third-order valence-corrected chi connectivity index (χ3v) is 3.36. The lowest BCUT2D eigenvalue weighted by molar-refractivity contribution is -0.138. The summed E-state index contributed by atoms with van der Waals surface area (Å²) in [5, 5.41) is 0. The second kappa shape index (κ2) is 6.07. The van der Waals surface area contributed by atoms with Crippen LogP contribution in [-0.4, -0.2) is 36.0 Å². The van der Waals surface area contributed by atoms with Gasteiger partial charge in [0.15, 0.2) is 17.7 Å². The van der Waals surface area contributed by atoms with Gasteiger partial charge in [-0.05, 0) is 25.8 Å². The SMILES string of the molecule is CC(OC(=O)c1cc(F)c(F)cc1N)C(=O)N1CCCC1. The first-order valence-corrected chi connectivity index (χ1v) is 6.64. The molecule has 1 amide bonds. The highest BCUT2D eigenvalue weighted by Crippen LogP contribution is 2.19. The van der Waals surface area contributed by atoms with Gasteiger partial charge < -0.3 is 15.4 Å². The van der Waals surface area contributed by atoms with Gasteiger partial charge in [0.1, 0.15) is 0 Å². The van der Waals surface area contributed by atoms with E-state index in [1.54, 1.807) is 4.90 Å². The molecule has 1 aromatic carbocycles. The average molecular weight is 298 g/mol. The van der Waals surface area contributed by atoms with E-state index in [1.807, 2.05) is 0 Å².